The summed E-state index contributed by atoms with van der Waals surface area (Å²) in [6.07, 6.45) is 0. The van der Waals surface area contributed by atoms with Crippen LogP contribution in [0.25, 0.3) is 0 Å². The zero-order valence-electron chi connectivity index (χ0n) is 8.90. The minimum Gasteiger partial charge on any atom is -0.341 e. The standard InChI is InChI=1S/C11H15ClN2O/c1-9(12)14(11(15)13-2)8-10-6-4-3-5-7-10/h3-7,9H,8H2,1-2H3,(H,13,15). The molecule has 0 aliphatic carbocycles. The number of rotatable bonds is 3. The van der Waals surface area contributed by atoms with Crippen molar-refractivity contribution in [2.75, 3.05) is 7.05 Å². The average molecular weight is 227 g/mol. The number of benzene rings is 1. The first-order chi connectivity index (χ1) is 7.15. The molecule has 0 bridgehead atoms. The number of alkyl halides is 1. The van der Waals surface area contributed by atoms with Crippen molar-refractivity contribution in [3.05, 3.63) is 35.9 Å². The molecule has 15 heavy (non-hydrogen) atoms. The van der Waals surface area contributed by atoms with Crippen LogP contribution in [0, 0.1) is 0 Å². The number of hydrogen-bond donors (Lipinski definition) is 1. The van der Waals surface area contributed by atoms with E-state index in [9.17, 15) is 4.79 Å². The quantitative estimate of drug-likeness (QED) is 0.623. The predicted molar refractivity (Wildman–Crippen MR) is 61.8 cm³/mol. The van der Waals surface area contributed by atoms with Crippen LogP contribution in [0.3, 0.4) is 0 Å². The van der Waals surface area contributed by atoms with Gasteiger partial charge in [0, 0.05) is 13.6 Å². The fourth-order valence-corrected chi connectivity index (χ4v) is 1.44. The van der Waals surface area contributed by atoms with E-state index in [-0.39, 0.29) is 11.5 Å². The SMILES string of the molecule is CNC(=O)N(Cc1ccccc1)C(C)Cl. The van der Waals surface area contributed by atoms with Gasteiger partial charge in [0.1, 0.15) is 5.50 Å². The molecule has 3 nitrogen and oxygen atoms in total. The lowest BCUT2D eigenvalue weighted by Gasteiger charge is -2.24. The summed E-state index contributed by atoms with van der Waals surface area (Å²) in [6, 6.07) is 9.59. The van der Waals surface area contributed by atoms with Crippen LogP contribution in [0.4, 0.5) is 4.79 Å². The molecule has 1 aromatic carbocycles. The van der Waals surface area contributed by atoms with Crippen LogP contribution in [0.2, 0.25) is 0 Å². The molecule has 0 radical (unpaired) electrons. The maximum absolute atomic E-state index is 11.5. The summed E-state index contributed by atoms with van der Waals surface area (Å²) < 4.78 is 0. The summed E-state index contributed by atoms with van der Waals surface area (Å²) in [5.74, 6) is 0. The Kier molecular flexibility index (Phi) is 4.43. The van der Waals surface area contributed by atoms with Crippen molar-refractivity contribution in [2.45, 2.75) is 19.0 Å². The van der Waals surface area contributed by atoms with E-state index in [1.807, 2.05) is 30.3 Å². The Morgan fingerprint density at radius 3 is 2.53 bits per heavy atom. The third-order valence-corrected chi connectivity index (χ3v) is 2.34. The third-order valence-electron chi connectivity index (χ3n) is 2.10. The molecule has 0 aliphatic heterocycles. The first kappa shape index (κ1) is 11.9. The molecule has 1 aromatic rings. The number of carbonyl (C=O) groups is 1. The lowest BCUT2D eigenvalue weighted by Crippen LogP contribution is -2.40. The van der Waals surface area contributed by atoms with Crippen LogP contribution < -0.4 is 5.32 Å². The molecule has 1 rings (SSSR count). The van der Waals surface area contributed by atoms with Crippen LogP contribution in [-0.4, -0.2) is 23.5 Å². The van der Waals surface area contributed by atoms with Crippen molar-refractivity contribution in [3.63, 3.8) is 0 Å². The van der Waals surface area contributed by atoms with Crippen molar-refractivity contribution in [2.24, 2.45) is 0 Å². The Morgan fingerprint density at radius 2 is 2.07 bits per heavy atom. The van der Waals surface area contributed by atoms with Crippen molar-refractivity contribution in [3.8, 4) is 0 Å². The van der Waals surface area contributed by atoms with E-state index in [2.05, 4.69) is 5.32 Å². The van der Waals surface area contributed by atoms with Gasteiger partial charge in [-0.1, -0.05) is 41.9 Å². The van der Waals surface area contributed by atoms with Gasteiger partial charge in [-0.05, 0) is 12.5 Å². The highest BCUT2D eigenvalue weighted by atomic mass is 35.5. The zero-order valence-corrected chi connectivity index (χ0v) is 9.66. The minimum atomic E-state index is -0.329. The van der Waals surface area contributed by atoms with Crippen molar-refractivity contribution in [1.82, 2.24) is 10.2 Å². The van der Waals surface area contributed by atoms with Crippen molar-refractivity contribution < 1.29 is 4.79 Å². The van der Waals surface area contributed by atoms with Gasteiger partial charge in [-0.2, -0.15) is 0 Å². The molecule has 0 fully saturated rings. The normalized spacial score (nSPS) is 11.9. The molecule has 0 spiro atoms. The summed E-state index contributed by atoms with van der Waals surface area (Å²) in [6.45, 7) is 2.30. The highest BCUT2D eigenvalue weighted by Gasteiger charge is 2.16. The van der Waals surface area contributed by atoms with Crippen LogP contribution in [-0.2, 0) is 6.54 Å². The Balaban J connectivity index is 2.72. The van der Waals surface area contributed by atoms with E-state index >= 15 is 0 Å². The third kappa shape index (κ3) is 3.44. The first-order valence-electron chi connectivity index (χ1n) is 4.81. The fourth-order valence-electron chi connectivity index (χ4n) is 1.28. The van der Waals surface area contributed by atoms with Gasteiger partial charge in [-0.25, -0.2) is 4.79 Å². The molecule has 1 atom stereocenters. The van der Waals surface area contributed by atoms with Gasteiger partial charge in [0.15, 0.2) is 0 Å². The number of hydrogen-bond acceptors (Lipinski definition) is 1. The van der Waals surface area contributed by atoms with Crippen molar-refractivity contribution in [1.29, 1.82) is 0 Å². The van der Waals surface area contributed by atoms with Crippen LogP contribution in [0.15, 0.2) is 30.3 Å². The van der Waals surface area contributed by atoms with E-state index < -0.39 is 0 Å². The number of nitrogens with one attached hydrogen (secondary N) is 1. The van der Waals surface area contributed by atoms with E-state index in [0.717, 1.165) is 5.56 Å². The number of amides is 2. The second-order valence-electron chi connectivity index (χ2n) is 3.24. The predicted octanol–water partition coefficient (Wildman–Crippen LogP) is 2.41. The molecule has 0 aliphatic rings. The zero-order chi connectivity index (χ0) is 11.3. The smallest absolute Gasteiger partial charge is 0.318 e. The van der Waals surface area contributed by atoms with Gasteiger partial charge in [-0.15, -0.1) is 0 Å². The molecule has 1 unspecified atom stereocenters. The monoisotopic (exact) mass is 226 g/mol. The van der Waals surface area contributed by atoms with Crippen LogP contribution in [0.1, 0.15) is 12.5 Å². The molecule has 1 N–H and O–H groups in total. The minimum absolute atomic E-state index is 0.165. The summed E-state index contributed by atoms with van der Waals surface area (Å²) in [5, 5.41) is 2.57. The molecule has 0 saturated heterocycles. The van der Waals surface area contributed by atoms with Crippen molar-refractivity contribution >= 4 is 17.6 Å². The van der Waals surface area contributed by atoms with Crippen LogP contribution >= 0.6 is 11.6 Å². The largest absolute Gasteiger partial charge is 0.341 e. The fraction of sp³-hybridized carbons (Fsp3) is 0.364. The Morgan fingerprint density at radius 1 is 1.47 bits per heavy atom. The molecule has 2 amide bonds. The Labute approximate surface area is 95.0 Å². The summed E-state index contributed by atoms with van der Waals surface area (Å²) >= 11 is 5.93. The molecular weight excluding hydrogens is 212 g/mol. The van der Waals surface area contributed by atoms with Gasteiger partial charge >= 0.3 is 6.03 Å². The average Bonchev–Trinajstić information content (AvgIpc) is 2.26. The van der Waals surface area contributed by atoms with Gasteiger partial charge in [0.05, 0.1) is 0 Å². The Hall–Kier alpha value is -1.22. The number of halogens is 1. The van der Waals surface area contributed by atoms with Gasteiger partial charge in [0.25, 0.3) is 0 Å². The van der Waals surface area contributed by atoms with E-state index in [1.54, 1.807) is 18.9 Å². The summed E-state index contributed by atoms with van der Waals surface area (Å²) in [5.41, 5.74) is 0.735. The summed E-state index contributed by atoms with van der Waals surface area (Å²) in [4.78, 5) is 13.1. The molecule has 82 valence electrons. The number of nitrogens with zero attached hydrogens (tertiary/aromatic N) is 1. The lowest BCUT2D eigenvalue weighted by atomic mass is 10.2. The highest BCUT2D eigenvalue weighted by Crippen LogP contribution is 2.10. The maximum atomic E-state index is 11.5. The van der Waals surface area contributed by atoms with E-state index in [1.165, 1.54) is 0 Å². The lowest BCUT2D eigenvalue weighted by molar-refractivity contribution is 0.194. The maximum Gasteiger partial charge on any atom is 0.318 e. The molecular formula is C11H15ClN2O. The van der Waals surface area contributed by atoms with Crippen LogP contribution in [0.5, 0.6) is 0 Å². The second-order valence-corrected chi connectivity index (χ2v) is 3.87. The molecule has 4 heteroatoms. The van der Waals surface area contributed by atoms with E-state index in [4.69, 9.17) is 11.6 Å². The van der Waals surface area contributed by atoms with E-state index in [0.29, 0.717) is 6.54 Å². The number of urea groups is 1. The number of carbonyl (C=O) groups excluding carboxylic acids is 1. The Bertz CT molecular complexity index is 314. The first-order valence-corrected chi connectivity index (χ1v) is 5.25. The van der Waals surface area contributed by atoms with Gasteiger partial charge < -0.3 is 10.2 Å². The molecule has 0 aromatic heterocycles. The highest BCUT2D eigenvalue weighted by molar-refractivity contribution is 6.20. The van der Waals surface area contributed by atoms with Gasteiger partial charge in [0.2, 0.25) is 0 Å². The topological polar surface area (TPSA) is 32.3 Å². The summed E-state index contributed by atoms with van der Waals surface area (Å²) in [7, 11) is 1.60. The molecule has 0 saturated carbocycles. The van der Waals surface area contributed by atoms with Gasteiger partial charge in [-0.3, -0.25) is 0 Å². The molecule has 0 heterocycles. The second kappa shape index (κ2) is 5.61.